The van der Waals surface area contributed by atoms with Crippen molar-refractivity contribution in [3.05, 3.63) is 0 Å². The highest BCUT2D eigenvalue weighted by Gasteiger charge is 2.21. The average molecular weight is 132 g/mol. The van der Waals surface area contributed by atoms with Crippen LogP contribution in [0.2, 0.25) is 0 Å². The Kier molecular flexibility index (Phi) is 1.33. The van der Waals surface area contributed by atoms with Crippen molar-refractivity contribution >= 4 is 23.6 Å². The number of nitrogens with zero attached hydrogens (tertiary/aromatic N) is 2. The molecule has 0 aromatic carbocycles. The van der Waals surface area contributed by atoms with Gasteiger partial charge in [-0.15, -0.1) is 0 Å². The molecular weight excluding hydrogens is 128 g/mol. The lowest BCUT2D eigenvalue weighted by atomic mass is 11.0. The van der Waals surface area contributed by atoms with E-state index < -0.39 is 5.24 Å². The van der Waals surface area contributed by atoms with Crippen molar-refractivity contribution in [2.24, 2.45) is 9.98 Å². The molecule has 0 aromatic rings. The lowest BCUT2D eigenvalue weighted by Crippen LogP contribution is -2.21. The first-order valence-electron chi connectivity index (χ1n) is 1.89. The van der Waals surface area contributed by atoms with E-state index >= 15 is 0 Å². The highest BCUT2D eigenvalue weighted by atomic mass is 32.2. The molecule has 1 rings (SSSR count). The Bertz CT molecular complexity index is 142. The molecule has 0 saturated carbocycles. The molecule has 0 aromatic heterocycles. The normalized spacial score (nSPS) is 23.8. The van der Waals surface area contributed by atoms with Crippen molar-refractivity contribution in [2.45, 2.75) is 5.24 Å². The first-order valence-corrected chi connectivity index (χ1v) is 2.76. The molecule has 0 bridgehead atoms. The molecule has 0 radical (unpaired) electrons. The summed E-state index contributed by atoms with van der Waals surface area (Å²) in [6.07, 6.45) is 1.09. The quantitative estimate of drug-likeness (QED) is 0.432. The van der Waals surface area contributed by atoms with Crippen molar-refractivity contribution in [3.8, 4) is 0 Å². The second-order valence-corrected chi connectivity index (χ2v) is 2.19. The molecule has 0 unspecified atom stereocenters. The molecule has 0 amide bonds. The van der Waals surface area contributed by atoms with Crippen LogP contribution in [0.5, 0.6) is 0 Å². The van der Waals surface area contributed by atoms with Gasteiger partial charge in [-0.2, -0.15) is 0 Å². The van der Waals surface area contributed by atoms with Gasteiger partial charge in [-0.05, 0) is 11.8 Å². The van der Waals surface area contributed by atoms with Gasteiger partial charge < -0.3 is 10.2 Å². The lowest BCUT2D eigenvalue weighted by Gasteiger charge is -2.12. The van der Waals surface area contributed by atoms with Gasteiger partial charge in [-0.25, -0.2) is 9.98 Å². The van der Waals surface area contributed by atoms with Crippen LogP contribution in [0.25, 0.3) is 0 Å². The van der Waals surface area contributed by atoms with Crippen LogP contribution in [0.3, 0.4) is 0 Å². The van der Waals surface area contributed by atoms with Crippen molar-refractivity contribution < 1.29 is 10.2 Å². The van der Waals surface area contributed by atoms with Gasteiger partial charge in [-0.3, -0.25) is 0 Å². The summed E-state index contributed by atoms with van der Waals surface area (Å²) in [5.74, 6) is 0. The first kappa shape index (κ1) is 5.74. The van der Waals surface area contributed by atoms with Gasteiger partial charge >= 0.3 is 5.24 Å². The van der Waals surface area contributed by atoms with E-state index in [0.717, 1.165) is 18.1 Å². The molecule has 1 aliphatic heterocycles. The summed E-state index contributed by atoms with van der Waals surface area (Å²) in [5, 5.41) is 15.2. The summed E-state index contributed by atoms with van der Waals surface area (Å²) in [7, 11) is 0. The fourth-order valence-electron chi connectivity index (χ4n) is 0.267. The van der Waals surface area contributed by atoms with E-state index in [2.05, 4.69) is 9.98 Å². The standard InChI is InChI=1S/C3H4N2O2S/c6-3(7)5-1-4-2-8-3/h1-2,6-7H. The third kappa shape index (κ3) is 1.29. The van der Waals surface area contributed by atoms with Gasteiger partial charge in [0, 0.05) is 0 Å². The molecule has 1 aliphatic rings. The number of hydrogen-bond acceptors (Lipinski definition) is 5. The molecule has 2 N–H and O–H groups in total. The summed E-state index contributed by atoms with van der Waals surface area (Å²) in [6, 6.07) is 0. The third-order valence-corrected chi connectivity index (χ3v) is 1.21. The second-order valence-electron chi connectivity index (χ2n) is 1.19. The fraction of sp³-hybridized carbons (Fsp3) is 0.333. The Hall–Kier alpha value is -0.390. The highest BCUT2D eigenvalue weighted by Crippen LogP contribution is 2.19. The Morgan fingerprint density at radius 3 is 2.50 bits per heavy atom. The molecule has 0 aliphatic carbocycles. The molecule has 0 saturated heterocycles. The smallest absolute Gasteiger partial charge is 0.324 e. The Morgan fingerprint density at radius 1 is 1.50 bits per heavy atom. The van der Waals surface area contributed by atoms with Crippen molar-refractivity contribution in [2.75, 3.05) is 0 Å². The predicted octanol–water partition coefficient (Wildman–Crippen LogP) is -0.614. The van der Waals surface area contributed by atoms with E-state index in [4.69, 9.17) is 10.2 Å². The van der Waals surface area contributed by atoms with Gasteiger partial charge in [0.15, 0.2) is 0 Å². The van der Waals surface area contributed by atoms with Crippen molar-refractivity contribution in [1.82, 2.24) is 0 Å². The van der Waals surface area contributed by atoms with Crippen LogP contribution in [-0.4, -0.2) is 27.3 Å². The zero-order chi connectivity index (χ0) is 6.04. The predicted molar refractivity (Wildman–Crippen MR) is 31.7 cm³/mol. The number of hydrogen-bond donors (Lipinski definition) is 2. The average Bonchev–Trinajstić information content (AvgIpc) is 1.65. The van der Waals surface area contributed by atoms with Gasteiger partial charge in [0.2, 0.25) is 0 Å². The molecule has 0 fully saturated rings. The molecule has 8 heavy (non-hydrogen) atoms. The number of thioether (sulfide) groups is 1. The molecule has 1 heterocycles. The fourth-order valence-corrected chi connectivity index (χ4v) is 0.632. The monoisotopic (exact) mass is 132 g/mol. The van der Waals surface area contributed by atoms with Crippen LogP contribution in [0.1, 0.15) is 0 Å². The van der Waals surface area contributed by atoms with E-state index in [9.17, 15) is 0 Å². The maximum atomic E-state index is 8.60. The molecular formula is C3H4N2O2S. The van der Waals surface area contributed by atoms with Crippen LogP contribution in [0, 0.1) is 0 Å². The van der Waals surface area contributed by atoms with Crippen LogP contribution >= 0.6 is 11.8 Å². The van der Waals surface area contributed by atoms with E-state index in [1.165, 1.54) is 5.55 Å². The van der Waals surface area contributed by atoms with Crippen molar-refractivity contribution in [1.29, 1.82) is 0 Å². The van der Waals surface area contributed by atoms with Gasteiger partial charge in [-0.1, -0.05) is 0 Å². The van der Waals surface area contributed by atoms with Crippen LogP contribution < -0.4 is 0 Å². The summed E-state index contributed by atoms with van der Waals surface area (Å²) < 4.78 is 0. The minimum absolute atomic E-state index is 0.742. The molecule has 44 valence electrons. The lowest BCUT2D eigenvalue weighted by molar-refractivity contribution is -0.0660. The van der Waals surface area contributed by atoms with Gasteiger partial charge in [0.25, 0.3) is 0 Å². The SMILES string of the molecule is OC1(O)N=CN=CS1. The number of aliphatic hydroxyl groups is 2. The Morgan fingerprint density at radius 2 is 2.25 bits per heavy atom. The van der Waals surface area contributed by atoms with E-state index in [-0.39, 0.29) is 0 Å². The van der Waals surface area contributed by atoms with Crippen molar-refractivity contribution in [3.63, 3.8) is 0 Å². The van der Waals surface area contributed by atoms with E-state index in [0.29, 0.717) is 0 Å². The summed E-state index contributed by atoms with van der Waals surface area (Å²) >= 11 is 0.742. The zero-order valence-electron chi connectivity index (χ0n) is 3.85. The van der Waals surface area contributed by atoms with Gasteiger partial charge in [0.1, 0.15) is 6.34 Å². The maximum absolute atomic E-state index is 8.60. The summed E-state index contributed by atoms with van der Waals surface area (Å²) in [4.78, 5) is 6.71. The minimum atomic E-state index is -1.98. The number of aliphatic imine (C=N–C) groups is 2. The molecule has 4 nitrogen and oxygen atoms in total. The van der Waals surface area contributed by atoms with Crippen LogP contribution in [0.15, 0.2) is 9.98 Å². The Balaban J connectivity index is 2.65. The molecule has 0 spiro atoms. The first-order chi connectivity index (χ1) is 3.71. The molecule has 0 atom stereocenters. The topological polar surface area (TPSA) is 65.2 Å². The van der Waals surface area contributed by atoms with Crippen LogP contribution in [0.4, 0.5) is 0 Å². The largest absolute Gasteiger partial charge is 0.338 e. The van der Waals surface area contributed by atoms with Crippen LogP contribution in [-0.2, 0) is 0 Å². The molecule has 5 heteroatoms. The zero-order valence-corrected chi connectivity index (χ0v) is 4.67. The summed E-state index contributed by atoms with van der Waals surface area (Å²) in [5.41, 5.74) is 1.31. The summed E-state index contributed by atoms with van der Waals surface area (Å²) in [6.45, 7) is 0. The second kappa shape index (κ2) is 1.85. The maximum Gasteiger partial charge on any atom is 0.324 e. The number of rotatable bonds is 0. The Labute approximate surface area is 50.0 Å². The highest BCUT2D eigenvalue weighted by molar-refractivity contribution is 8.13. The van der Waals surface area contributed by atoms with E-state index in [1.807, 2.05) is 0 Å². The van der Waals surface area contributed by atoms with E-state index in [1.54, 1.807) is 0 Å². The van der Waals surface area contributed by atoms with Gasteiger partial charge in [0.05, 0.1) is 5.55 Å². The third-order valence-electron chi connectivity index (χ3n) is 0.564. The minimum Gasteiger partial charge on any atom is -0.338 e.